The van der Waals surface area contributed by atoms with E-state index in [1.54, 1.807) is 54.9 Å². The molecule has 0 fully saturated rings. The lowest BCUT2D eigenvalue weighted by Crippen LogP contribution is -2.17. The van der Waals surface area contributed by atoms with Crippen molar-refractivity contribution in [2.75, 3.05) is 11.8 Å². The fourth-order valence-corrected chi connectivity index (χ4v) is 4.25. The van der Waals surface area contributed by atoms with Crippen LogP contribution in [0.1, 0.15) is 37.5 Å². The zero-order chi connectivity index (χ0) is 22.6. The summed E-state index contributed by atoms with van der Waals surface area (Å²) >= 11 is 6.21. The van der Waals surface area contributed by atoms with Gasteiger partial charge in [-0.25, -0.2) is 8.42 Å². The number of hydrogen-bond donors (Lipinski definition) is 1. The summed E-state index contributed by atoms with van der Waals surface area (Å²) in [4.78, 5) is 9.19. The number of nitrogens with zero attached hydrogens (tertiary/aromatic N) is 2. The van der Waals surface area contributed by atoms with Crippen molar-refractivity contribution in [1.82, 2.24) is 4.98 Å². The molecule has 2 aromatic carbocycles. The summed E-state index contributed by atoms with van der Waals surface area (Å²) in [6.45, 7) is 6.22. The summed E-state index contributed by atoms with van der Waals surface area (Å²) in [5, 5.41) is 4.54. The smallest absolute Gasteiger partial charge is 0.261 e. The number of anilines is 1. The minimum Gasteiger partial charge on any atom is -0.399 e. The summed E-state index contributed by atoms with van der Waals surface area (Å²) in [5.41, 5.74) is 2.91. The van der Waals surface area contributed by atoms with Crippen LogP contribution < -0.4 is 4.72 Å². The highest BCUT2D eigenvalue weighted by molar-refractivity contribution is 7.92. The number of hydrogen-bond acceptors (Lipinski definition) is 5. The first-order chi connectivity index (χ1) is 14.6. The van der Waals surface area contributed by atoms with Crippen molar-refractivity contribution in [1.29, 1.82) is 0 Å². The van der Waals surface area contributed by atoms with E-state index in [0.29, 0.717) is 27.5 Å². The molecule has 0 amide bonds. The second-order valence-electron chi connectivity index (χ2n) is 7.93. The molecule has 6 nitrogen and oxygen atoms in total. The molecule has 0 aliphatic carbocycles. The molecule has 0 atom stereocenters. The Morgan fingerprint density at radius 2 is 1.68 bits per heavy atom. The summed E-state index contributed by atoms with van der Waals surface area (Å²) < 4.78 is 28.8. The summed E-state index contributed by atoms with van der Waals surface area (Å²) in [7, 11) is -2.42. The van der Waals surface area contributed by atoms with E-state index in [1.807, 2.05) is 12.1 Å². The molecule has 31 heavy (non-hydrogen) atoms. The monoisotopic (exact) mass is 457 g/mol. The van der Waals surface area contributed by atoms with E-state index in [0.717, 1.165) is 5.56 Å². The molecule has 3 rings (SSSR count). The SMILES string of the molecule is CON=C(c1ccncc1)c1cc(Cl)ccc1NS(=O)(=O)c1ccc(C(C)(C)C)cc1. The standard InChI is InChI=1S/C23H24ClN3O3S/c1-23(2,3)17-5-8-19(9-6-17)31(28,29)27-21-10-7-18(24)15-20(21)22(26-30-4)16-11-13-25-14-12-16/h5-15,27H,1-4H3. The van der Waals surface area contributed by atoms with Crippen LogP contribution in [0, 0.1) is 0 Å². The molecule has 1 aromatic heterocycles. The molecular formula is C23H24ClN3O3S. The van der Waals surface area contributed by atoms with Crippen LogP contribution in [0.15, 0.2) is 77.0 Å². The van der Waals surface area contributed by atoms with Gasteiger partial charge in [-0.3, -0.25) is 9.71 Å². The maximum Gasteiger partial charge on any atom is 0.261 e. The van der Waals surface area contributed by atoms with Crippen molar-refractivity contribution in [2.45, 2.75) is 31.1 Å². The number of halogens is 1. The number of pyridine rings is 1. The number of sulfonamides is 1. The summed E-state index contributed by atoms with van der Waals surface area (Å²) in [6, 6.07) is 15.2. The summed E-state index contributed by atoms with van der Waals surface area (Å²) in [5.74, 6) is 0. The molecule has 0 bridgehead atoms. The molecule has 0 unspecified atom stereocenters. The lowest BCUT2D eigenvalue weighted by molar-refractivity contribution is 0.214. The maximum atomic E-state index is 13.1. The van der Waals surface area contributed by atoms with Crippen LogP contribution in [0.4, 0.5) is 5.69 Å². The van der Waals surface area contributed by atoms with Gasteiger partial charge in [0.15, 0.2) is 0 Å². The number of nitrogens with one attached hydrogen (secondary N) is 1. The van der Waals surface area contributed by atoms with Crippen LogP contribution in [-0.4, -0.2) is 26.2 Å². The Balaban J connectivity index is 2.03. The number of aromatic nitrogens is 1. The first-order valence-corrected chi connectivity index (χ1v) is 11.4. The predicted molar refractivity (Wildman–Crippen MR) is 124 cm³/mol. The van der Waals surface area contributed by atoms with Crippen molar-refractivity contribution in [3.8, 4) is 0 Å². The van der Waals surface area contributed by atoms with Gasteiger partial charge < -0.3 is 4.84 Å². The Morgan fingerprint density at radius 1 is 1.03 bits per heavy atom. The molecule has 1 heterocycles. The normalized spacial score (nSPS) is 12.5. The predicted octanol–water partition coefficient (Wildman–Crippen LogP) is 5.23. The summed E-state index contributed by atoms with van der Waals surface area (Å²) in [6.07, 6.45) is 3.23. The van der Waals surface area contributed by atoms with Gasteiger partial charge in [-0.15, -0.1) is 0 Å². The van der Waals surface area contributed by atoms with E-state index in [-0.39, 0.29) is 10.3 Å². The molecule has 8 heteroatoms. The third kappa shape index (κ3) is 5.42. The van der Waals surface area contributed by atoms with Crippen LogP contribution >= 0.6 is 11.6 Å². The second-order valence-corrected chi connectivity index (χ2v) is 10.0. The van der Waals surface area contributed by atoms with Gasteiger partial charge in [-0.2, -0.15) is 0 Å². The van der Waals surface area contributed by atoms with E-state index in [9.17, 15) is 8.42 Å². The Hall–Kier alpha value is -2.90. The lowest BCUT2D eigenvalue weighted by atomic mass is 9.87. The minimum atomic E-state index is -3.84. The largest absolute Gasteiger partial charge is 0.399 e. The Bertz CT molecular complexity index is 1190. The van der Waals surface area contributed by atoms with E-state index >= 15 is 0 Å². The van der Waals surface area contributed by atoms with Crippen molar-refractivity contribution < 1.29 is 13.3 Å². The van der Waals surface area contributed by atoms with Gasteiger partial charge in [-0.05, 0) is 53.4 Å². The van der Waals surface area contributed by atoms with E-state index in [1.165, 1.54) is 7.11 Å². The second kappa shape index (κ2) is 9.08. The molecule has 0 radical (unpaired) electrons. The molecule has 1 N–H and O–H groups in total. The molecule has 162 valence electrons. The van der Waals surface area contributed by atoms with Crippen molar-refractivity contribution in [3.05, 3.63) is 88.7 Å². The number of benzene rings is 2. The van der Waals surface area contributed by atoms with Crippen LogP contribution in [0.2, 0.25) is 5.02 Å². The van der Waals surface area contributed by atoms with Gasteiger partial charge in [0.25, 0.3) is 10.0 Å². The van der Waals surface area contributed by atoms with Gasteiger partial charge in [0.2, 0.25) is 0 Å². The van der Waals surface area contributed by atoms with Gasteiger partial charge in [-0.1, -0.05) is 49.7 Å². The highest BCUT2D eigenvalue weighted by atomic mass is 35.5. The fraction of sp³-hybridized carbons (Fsp3) is 0.217. The zero-order valence-corrected chi connectivity index (χ0v) is 19.3. The average molecular weight is 458 g/mol. The number of rotatable bonds is 6. The highest BCUT2D eigenvalue weighted by Gasteiger charge is 2.21. The van der Waals surface area contributed by atoms with Gasteiger partial charge in [0, 0.05) is 28.5 Å². The van der Waals surface area contributed by atoms with Crippen LogP contribution in [0.3, 0.4) is 0 Å². The third-order valence-electron chi connectivity index (χ3n) is 4.65. The van der Waals surface area contributed by atoms with E-state index < -0.39 is 10.0 Å². The Morgan fingerprint density at radius 3 is 2.26 bits per heavy atom. The van der Waals surface area contributed by atoms with Gasteiger partial charge in [0.1, 0.15) is 12.8 Å². The third-order valence-corrected chi connectivity index (χ3v) is 6.26. The van der Waals surface area contributed by atoms with E-state index in [4.69, 9.17) is 16.4 Å². The molecule has 0 aliphatic heterocycles. The van der Waals surface area contributed by atoms with Gasteiger partial charge in [0.05, 0.1) is 10.6 Å². The van der Waals surface area contributed by atoms with Gasteiger partial charge >= 0.3 is 0 Å². The fourth-order valence-electron chi connectivity index (χ4n) is 3.00. The molecule has 0 saturated heterocycles. The topological polar surface area (TPSA) is 80.7 Å². The Kier molecular flexibility index (Phi) is 6.67. The van der Waals surface area contributed by atoms with Crippen LogP contribution in [0.25, 0.3) is 0 Å². The van der Waals surface area contributed by atoms with Crippen molar-refractivity contribution in [2.24, 2.45) is 5.16 Å². The molecule has 0 saturated carbocycles. The first-order valence-electron chi connectivity index (χ1n) is 9.56. The molecular weight excluding hydrogens is 434 g/mol. The van der Waals surface area contributed by atoms with Crippen LogP contribution in [-0.2, 0) is 20.3 Å². The Labute approximate surface area is 188 Å². The van der Waals surface area contributed by atoms with Crippen LogP contribution in [0.5, 0.6) is 0 Å². The molecule has 0 spiro atoms. The minimum absolute atomic E-state index is 0.0743. The maximum absolute atomic E-state index is 13.1. The first kappa shape index (κ1) is 22.8. The molecule has 0 aliphatic rings. The number of oxime groups is 1. The average Bonchev–Trinajstić information content (AvgIpc) is 2.73. The quantitative estimate of drug-likeness (QED) is 0.406. The lowest BCUT2D eigenvalue weighted by Gasteiger charge is -2.19. The molecule has 3 aromatic rings. The highest BCUT2D eigenvalue weighted by Crippen LogP contribution is 2.28. The van der Waals surface area contributed by atoms with Crippen molar-refractivity contribution in [3.63, 3.8) is 0 Å². The van der Waals surface area contributed by atoms with Crippen molar-refractivity contribution >= 4 is 33.0 Å². The zero-order valence-electron chi connectivity index (χ0n) is 17.8. The van der Waals surface area contributed by atoms with E-state index in [2.05, 4.69) is 35.6 Å².